The van der Waals surface area contributed by atoms with Gasteiger partial charge in [-0.15, -0.1) is 0 Å². The van der Waals surface area contributed by atoms with E-state index < -0.39 is 29.6 Å². The Labute approximate surface area is 165 Å². The van der Waals surface area contributed by atoms with E-state index in [1.807, 2.05) is 6.26 Å². The number of carbonyl (C=O) groups excluding carboxylic acids is 2. The monoisotopic (exact) mass is 406 g/mol. The quantitative estimate of drug-likeness (QED) is 0.552. The highest BCUT2D eigenvalue weighted by Crippen LogP contribution is 2.10. The Morgan fingerprint density at radius 2 is 1.96 bits per heavy atom. The molecule has 28 heavy (non-hydrogen) atoms. The fourth-order valence-electron chi connectivity index (χ4n) is 2.20. The maximum absolute atomic E-state index is 13.1. The van der Waals surface area contributed by atoms with E-state index in [0.717, 1.165) is 0 Å². The van der Waals surface area contributed by atoms with Gasteiger partial charge in [0, 0.05) is 0 Å². The Morgan fingerprint density at radius 3 is 2.54 bits per heavy atom. The number of thioether (sulfide) groups is 1. The van der Waals surface area contributed by atoms with Crippen LogP contribution in [0.4, 0.5) is 4.39 Å². The Bertz CT molecular complexity index is 850. The minimum atomic E-state index is -1.18. The lowest BCUT2D eigenvalue weighted by Crippen LogP contribution is -2.44. The third kappa shape index (κ3) is 6.27. The number of carbonyl (C=O) groups is 3. The highest BCUT2D eigenvalue weighted by atomic mass is 32.2. The molecular weight excluding hydrogens is 387 g/mol. The van der Waals surface area contributed by atoms with Crippen LogP contribution in [0.1, 0.15) is 22.5 Å². The highest BCUT2D eigenvalue weighted by molar-refractivity contribution is 7.98. The van der Waals surface area contributed by atoms with Crippen LogP contribution >= 0.6 is 11.8 Å². The summed E-state index contributed by atoms with van der Waals surface area (Å²) in [5.41, 5.74) is 0.255. The number of furan rings is 1. The van der Waals surface area contributed by atoms with Gasteiger partial charge in [0.05, 0.1) is 6.26 Å². The maximum atomic E-state index is 13.1. The second kappa shape index (κ2) is 10.3. The van der Waals surface area contributed by atoms with Crippen molar-refractivity contribution in [3.05, 3.63) is 65.5 Å². The standard InChI is InChI=1S/C19H19FN2O5S/c1-28-10-8-14(19(25)26)21-17(23)15(11-12-4-6-13(20)7-5-12)22-18(24)16-3-2-9-27-16/h2-7,9,11,14H,8,10H2,1H3,(H,21,23)(H,22,24)(H,25,26)/b15-11+/t14-/m0/s1. The summed E-state index contributed by atoms with van der Waals surface area (Å²) in [6.45, 7) is 0. The zero-order valence-electron chi connectivity index (χ0n) is 15.0. The molecule has 0 aliphatic heterocycles. The van der Waals surface area contributed by atoms with Crippen LogP contribution in [0.2, 0.25) is 0 Å². The van der Waals surface area contributed by atoms with Crippen LogP contribution in [0.15, 0.2) is 52.8 Å². The predicted octanol–water partition coefficient (Wildman–Crippen LogP) is 2.51. The summed E-state index contributed by atoms with van der Waals surface area (Å²) >= 11 is 1.45. The molecule has 0 aliphatic rings. The molecule has 7 nitrogen and oxygen atoms in total. The van der Waals surface area contributed by atoms with Crippen LogP contribution in [0.25, 0.3) is 6.08 Å². The molecule has 0 radical (unpaired) electrons. The number of nitrogens with one attached hydrogen (secondary N) is 2. The lowest BCUT2D eigenvalue weighted by atomic mass is 10.1. The number of carboxylic acids is 1. The lowest BCUT2D eigenvalue weighted by molar-refractivity contribution is -0.141. The van der Waals surface area contributed by atoms with E-state index in [9.17, 15) is 23.9 Å². The zero-order chi connectivity index (χ0) is 20.5. The van der Waals surface area contributed by atoms with E-state index in [1.54, 1.807) is 0 Å². The number of benzene rings is 1. The molecule has 1 heterocycles. The van der Waals surface area contributed by atoms with Crippen molar-refractivity contribution in [1.29, 1.82) is 0 Å². The van der Waals surface area contributed by atoms with Gasteiger partial charge in [-0.25, -0.2) is 9.18 Å². The fourth-order valence-corrected chi connectivity index (χ4v) is 2.68. The van der Waals surface area contributed by atoms with Crippen LogP contribution in [0, 0.1) is 5.82 Å². The van der Waals surface area contributed by atoms with E-state index in [4.69, 9.17) is 4.42 Å². The SMILES string of the molecule is CSCC[C@H](NC(=O)/C(=C\c1ccc(F)cc1)NC(=O)c1ccco1)C(=O)O. The van der Waals surface area contributed by atoms with Gasteiger partial charge < -0.3 is 20.2 Å². The van der Waals surface area contributed by atoms with Gasteiger partial charge in [0.15, 0.2) is 5.76 Å². The van der Waals surface area contributed by atoms with Crippen LogP contribution in [-0.4, -0.2) is 40.9 Å². The fraction of sp³-hybridized carbons (Fsp3) is 0.211. The molecule has 0 fully saturated rings. The molecule has 0 aliphatic carbocycles. The molecule has 0 bridgehead atoms. The molecule has 0 saturated carbocycles. The second-order valence-corrected chi connectivity index (χ2v) is 6.67. The average molecular weight is 406 g/mol. The molecule has 2 rings (SSSR count). The van der Waals surface area contributed by atoms with Crippen molar-refractivity contribution >= 4 is 35.6 Å². The van der Waals surface area contributed by atoms with E-state index in [1.165, 1.54) is 60.5 Å². The van der Waals surface area contributed by atoms with Crippen molar-refractivity contribution in [2.24, 2.45) is 0 Å². The maximum Gasteiger partial charge on any atom is 0.326 e. The molecule has 0 unspecified atom stereocenters. The van der Waals surface area contributed by atoms with E-state index >= 15 is 0 Å². The van der Waals surface area contributed by atoms with Gasteiger partial charge in [-0.3, -0.25) is 9.59 Å². The summed E-state index contributed by atoms with van der Waals surface area (Å²) in [6.07, 6.45) is 4.67. The van der Waals surface area contributed by atoms with Crippen molar-refractivity contribution in [3.63, 3.8) is 0 Å². The summed E-state index contributed by atoms with van der Waals surface area (Å²) in [5.74, 6) is -2.57. The van der Waals surface area contributed by atoms with Gasteiger partial charge in [0.25, 0.3) is 11.8 Å². The van der Waals surface area contributed by atoms with Gasteiger partial charge in [-0.2, -0.15) is 11.8 Å². The Hall–Kier alpha value is -3.07. The molecule has 2 aromatic rings. The van der Waals surface area contributed by atoms with Crippen molar-refractivity contribution < 1.29 is 28.3 Å². The summed E-state index contributed by atoms with van der Waals surface area (Å²) in [5, 5.41) is 14.1. The van der Waals surface area contributed by atoms with Gasteiger partial charge in [-0.1, -0.05) is 12.1 Å². The first kappa shape index (κ1) is 21.2. The number of aliphatic carboxylic acids is 1. The molecule has 9 heteroatoms. The normalized spacial score (nSPS) is 12.3. The van der Waals surface area contributed by atoms with E-state index in [0.29, 0.717) is 11.3 Å². The number of rotatable bonds is 9. The third-order valence-corrected chi connectivity index (χ3v) is 4.28. The number of carboxylic acid groups (broad SMARTS) is 1. The van der Waals surface area contributed by atoms with Crippen molar-refractivity contribution in [2.45, 2.75) is 12.5 Å². The second-order valence-electron chi connectivity index (χ2n) is 5.69. The Kier molecular flexibility index (Phi) is 7.82. The zero-order valence-corrected chi connectivity index (χ0v) is 15.8. The molecule has 0 spiro atoms. The molecule has 1 aromatic heterocycles. The van der Waals surface area contributed by atoms with Gasteiger partial charge >= 0.3 is 5.97 Å². The molecule has 2 amide bonds. The largest absolute Gasteiger partial charge is 0.480 e. The molecular formula is C19H19FN2O5S. The molecule has 3 N–H and O–H groups in total. The third-order valence-electron chi connectivity index (χ3n) is 3.63. The highest BCUT2D eigenvalue weighted by Gasteiger charge is 2.23. The topological polar surface area (TPSA) is 109 Å². The average Bonchev–Trinajstić information content (AvgIpc) is 3.20. The van der Waals surface area contributed by atoms with E-state index in [2.05, 4.69) is 10.6 Å². The van der Waals surface area contributed by atoms with E-state index in [-0.39, 0.29) is 17.9 Å². The Morgan fingerprint density at radius 1 is 1.25 bits per heavy atom. The molecule has 0 saturated heterocycles. The minimum Gasteiger partial charge on any atom is -0.480 e. The predicted molar refractivity (Wildman–Crippen MR) is 103 cm³/mol. The first-order valence-corrected chi connectivity index (χ1v) is 9.65. The lowest BCUT2D eigenvalue weighted by Gasteiger charge is -2.16. The summed E-state index contributed by atoms with van der Waals surface area (Å²) in [7, 11) is 0. The van der Waals surface area contributed by atoms with Crippen molar-refractivity contribution in [3.8, 4) is 0 Å². The van der Waals surface area contributed by atoms with Crippen molar-refractivity contribution in [1.82, 2.24) is 10.6 Å². The summed E-state index contributed by atoms with van der Waals surface area (Å²) in [6, 6.07) is 7.07. The number of halogens is 1. The minimum absolute atomic E-state index is 0.0185. The molecule has 1 aromatic carbocycles. The number of hydrogen-bond donors (Lipinski definition) is 3. The van der Waals surface area contributed by atoms with Crippen LogP contribution < -0.4 is 10.6 Å². The molecule has 1 atom stereocenters. The first-order chi connectivity index (χ1) is 13.4. The summed E-state index contributed by atoms with van der Waals surface area (Å²) < 4.78 is 18.1. The van der Waals surface area contributed by atoms with Crippen LogP contribution in [-0.2, 0) is 9.59 Å². The van der Waals surface area contributed by atoms with Crippen molar-refractivity contribution in [2.75, 3.05) is 12.0 Å². The van der Waals surface area contributed by atoms with Gasteiger partial charge in [0.2, 0.25) is 0 Å². The molecule has 148 valence electrons. The van der Waals surface area contributed by atoms with Gasteiger partial charge in [-0.05, 0) is 54.3 Å². The number of amides is 2. The van der Waals surface area contributed by atoms with Crippen LogP contribution in [0.3, 0.4) is 0 Å². The number of hydrogen-bond acceptors (Lipinski definition) is 5. The van der Waals surface area contributed by atoms with Crippen LogP contribution in [0.5, 0.6) is 0 Å². The van der Waals surface area contributed by atoms with Gasteiger partial charge in [0.1, 0.15) is 17.6 Å². The summed E-state index contributed by atoms with van der Waals surface area (Å²) in [4.78, 5) is 36.3. The Balaban J connectivity index is 2.25. The smallest absolute Gasteiger partial charge is 0.326 e. The first-order valence-electron chi connectivity index (χ1n) is 8.25.